The van der Waals surface area contributed by atoms with E-state index < -0.39 is 28.5 Å². The number of benzene rings is 3. The molecule has 0 unspecified atom stereocenters. The average molecular weight is 643 g/mol. The van der Waals surface area contributed by atoms with Crippen LogP contribution < -0.4 is 9.62 Å². The molecule has 0 saturated heterocycles. The van der Waals surface area contributed by atoms with Crippen molar-refractivity contribution in [3.8, 4) is 0 Å². The maximum absolute atomic E-state index is 14.1. The van der Waals surface area contributed by atoms with E-state index in [0.29, 0.717) is 12.0 Å². The van der Waals surface area contributed by atoms with Crippen molar-refractivity contribution in [2.45, 2.75) is 52.2 Å². The lowest BCUT2D eigenvalue weighted by Gasteiger charge is -2.34. The molecule has 0 fully saturated rings. The zero-order valence-electron chi connectivity index (χ0n) is 23.7. The second-order valence-electron chi connectivity index (χ2n) is 10.0. The van der Waals surface area contributed by atoms with Crippen LogP contribution in [0.3, 0.4) is 0 Å². The van der Waals surface area contributed by atoms with Gasteiger partial charge >= 0.3 is 0 Å². The summed E-state index contributed by atoms with van der Waals surface area (Å²) in [7, 11) is -3.93. The first-order valence-electron chi connectivity index (χ1n) is 13.4. The molecule has 3 aromatic carbocycles. The Morgan fingerprint density at radius 3 is 2.17 bits per heavy atom. The first-order chi connectivity index (χ1) is 19.4. The van der Waals surface area contributed by atoms with Gasteiger partial charge in [-0.15, -0.1) is 0 Å². The van der Waals surface area contributed by atoms with Crippen molar-refractivity contribution in [1.29, 1.82) is 0 Å². The van der Waals surface area contributed by atoms with Gasteiger partial charge in [-0.25, -0.2) is 8.42 Å². The van der Waals surface area contributed by atoms with Crippen LogP contribution in [0.5, 0.6) is 0 Å². The van der Waals surface area contributed by atoms with E-state index in [-0.39, 0.29) is 36.4 Å². The molecule has 0 spiro atoms. The molecule has 0 bridgehead atoms. The summed E-state index contributed by atoms with van der Waals surface area (Å²) in [4.78, 5) is 41.2. The van der Waals surface area contributed by atoms with Crippen LogP contribution in [-0.2, 0) is 32.6 Å². The van der Waals surface area contributed by atoms with Gasteiger partial charge in [0.2, 0.25) is 21.8 Å². The van der Waals surface area contributed by atoms with Crippen molar-refractivity contribution in [3.05, 3.63) is 100 Å². The van der Waals surface area contributed by atoms with Crippen molar-refractivity contribution < 1.29 is 22.8 Å². The van der Waals surface area contributed by atoms with Crippen LogP contribution in [0.1, 0.15) is 48.7 Å². The molecule has 0 aliphatic rings. The number of amides is 2. The highest BCUT2D eigenvalue weighted by molar-refractivity contribution is 9.10. The summed E-state index contributed by atoms with van der Waals surface area (Å²) in [5.41, 5.74) is 2.16. The molecule has 0 aromatic heterocycles. The summed E-state index contributed by atoms with van der Waals surface area (Å²) in [6.45, 7) is 4.78. The molecule has 3 aromatic rings. The van der Waals surface area contributed by atoms with Gasteiger partial charge < -0.3 is 10.2 Å². The molecular weight excluding hydrogens is 606 g/mol. The Labute approximate surface area is 250 Å². The fourth-order valence-corrected chi connectivity index (χ4v) is 5.38. The Balaban J connectivity index is 2.07. The molecule has 3 rings (SSSR count). The second kappa shape index (κ2) is 14.4. The van der Waals surface area contributed by atoms with Crippen molar-refractivity contribution in [3.63, 3.8) is 0 Å². The number of ketones is 1. The van der Waals surface area contributed by atoms with Gasteiger partial charge in [-0.3, -0.25) is 18.7 Å². The summed E-state index contributed by atoms with van der Waals surface area (Å²) < 4.78 is 27.7. The monoisotopic (exact) mass is 641 g/mol. The smallest absolute Gasteiger partial charge is 0.244 e. The zero-order valence-corrected chi connectivity index (χ0v) is 26.1. The maximum atomic E-state index is 14.1. The maximum Gasteiger partial charge on any atom is 0.244 e. The van der Waals surface area contributed by atoms with Crippen molar-refractivity contribution >= 4 is 49.2 Å². The number of Topliss-reactive ketones (excluding diaryl/α,β-unsaturated/α-hetero) is 1. The normalized spacial score (nSPS) is 12.7. The highest BCUT2D eigenvalue weighted by atomic mass is 79.9. The predicted octanol–water partition coefficient (Wildman–Crippen LogP) is 4.97. The Morgan fingerprint density at radius 1 is 0.927 bits per heavy atom. The minimum atomic E-state index is -3.93. The van der Waals surface area contributed by atoms with Crippen LogP contribution in [0.2, 0.25) is 0 Å². The van der Waals surface area contributed by atoms with Crippen LogP contribution in [0, 0.1) is 0 Å². The number of anilines is 1. The average Bonchev–Trinajstić information content (AvgIpc) is 2.94. The lowest BCUT2D eigenvalue weighted by atomic mass is 10.0. The van der Waals surface area contributed by atoms with E-state index in [9.17, 15) is 22.8 Å². The summed E-state index contributed by atoms with van der Waals surface area (Å²) in [6.07, 6.45) is 1.96. The fraction of sp³-hybridized carbons (Fsp3) is 0.323. The molecule has 218 valence electrons. The summed E-state index contributed by atoms with van der Waals surface area (Å²) in [5.74, 6) is -1.10. The molecule has 2 amide bonds. The molecule has 0 saturated carbocycles. The summed E-state index contributed by atoms with van der Waals surface area (Å²) in [5, 5.41) is 3.01. The Bertz CT molecular complexity index is 1460. The van der Waals surface area contributed by atoms with Gasteiger partial charge in [0.15, 0.2) is 5.78 Å². The first kappa shape index (κ1) is 32.0. The highest BCUT2D eigenvalue weighted by Gasteiger charge is 2.33. The van der Waals surface area contributed by atoms with Crippen LogP contribution >= 0.6 is 15.9 Å². The van der Waals surface area contributed by atoms with E-state index in [1.807, 2.05) is 68.4 Å². The van der Waals surface area contributed by atoms with E-state index in [4.69, 9.17) is 0 Å². The van der Waals surface area contributed by atoms with Crippen LogP contribution in [-0.4, -0.2) is 55.8 Å². The van der Waals surface area contributed by atoms with E-state index in [1.54, 1.807) is 12.1 Å². The highest BCUT2D eigenvalue weighted by Crippen LogP contribution is 2.22. The van der Waals surface area contributed by atoms with Crippen LogP contribution in [0.25, 0.3) is 0 Å². The predicted molar refractivity (Wildman–Crippen MR) is 165 cm³/mol. The number of carbonyl (C=O) groups excluding carboxylic acids is 3. The van der Waals surface area contributed by atoms with Gasteiger partial charge in [0.25, 0.3) is 0 Å². The van der Waals surface area contributed by atoms with Gasteiger partial charge in [-0.2, -0.15) is 0 Å². The van der Waals surface area contributed by atoms with E-state index >= 15 is 0 Å². The molecule has 2 atom stereocenters. The number of carbonyl (C=O) groups is 3. The summed E-state index contributed by atoms with van der Waals surface area (Å²) >= 11 is 3.43. The SMILES string of the molecule is CC[C@H](C)NC(=O)[C@@H](Cc1ccccc1)N(Cc1ccc(Br)cc1)C(=O)CN(c1cccc(C(C)=O)c1)S(C)(=O)=O. The third kappa shape index (κ3) is 9.26. The number of nitrogens with one attached hydrogen (secondary N) is 1. The van der Waals surface area contributed by atoms with Crippen LogP contribution in [0.15, 0.2) is 83.3 Å². The first-order valence-corrected chi connectivity index (χ1v) is 16.0. The Kier molecular flexibility index (Phi) is 11.3. The standard InChI is InChI=1S/C31H36BrN3O5S/c1-5-22(2)33-31(38)29(18-24-10-7-6-8-11-24)34(20-25-14-16-27(32)17-15-25)30(37)21-35(41(4,39)40)28-13-9-12-26(19-28)23(3)36/h6-17,19,22,29H,5,18,20-21H2,1-4H3,(H,33,38)/t22-,29+/m0/s1. The van der Waals surface area contributed by atoms with E-state index in [0.717, 1.165) is 26.2 Å². The van der Waals surface area contributed by atoms with Crippen molar-refractivity contribution in [1.82, 2.24) is 10.2 Å². The Hall–Kier alpha value is -3.50. The second-order valence-corrected chi connectivity index (χ2v) is 12.9. The van der Waals surface area contributed by atoms with Crippen molar-refractivity contribution in [2.75, 3.05) is 17.1 Å². The van der Waals surface area contributed by atoms with Gasteiger partial charge in [-0.1, -0.05) is 77.5 Å². The van der Waals surface area contributed by atoms with E-state index in [2.05, 4.69) is 21.2 Å². The largest absolute Gasteiger partial charge is 0.352 e. The van der Waals surface area contributed by atoms with Gasteiger partial charge in [-0.05, 0) is 55.7 Å². The van der Waals surface area contributed by atoms with Gasteiger partial charge in [0.05, 0.1) is 11.9 Å². The minimum absolute atomic E-state index is 0.0859. The molecule has 41 heavy (non-hydrogen) atoms. The number of sulfonamides is 1. The molecular formula is C31H36BrN3O5S. The van der Waals surface area contributed by atoms with Gasteiger partial charge in [0, 0.05) is 29.0 Å². The number of hydrogen-bond acceptors (Lipinski definition) is 5. The molecule has 0 heterocycles. The zero-order chi connectivity index (χ0) is 30.2. The quantitative estimate of drug-likeness (QED) is 0.265. The Morgan fingerprint density at radius 2 is 1.59 bits per heavy atom. The third-order valence-corrected chi connectivity index (χ3v) is 8.43. The lowest BCUT2D eigenvalue weighted by Crippen LogP contribution is -2.54. The number of nitrogens with zero attached hydrogens (tertiary/aromatic N) is 2. The van der Waals surface area contributed by atoms with Crippen molar-refractivity contribution in [2.24, 2.45) is 0 Å². The topological polar surface area (TPSA) is 104 Å². The fourth-order valence-electron chi connectivity index (χ4n) is 4.28. The molecule has 0 radical (unpaired) electrons. The van der Waals surface area contributed by atoms with Crippen LogP contribution in [0.4, 0.5) is 5.69 Å². The summed E-state index contributed by atoms with van der Waals surface area (Å²) in [6, 6.07) is 21.9. The lowest BCUT2D eigenvalue weighted by molar-refractivity contribution is -0.140. The molecule has 10 heteroatoms. The number of halogens is 1. The molecule has 1 N–H and O–H groups in total. The van der Waals surface area contributed by atoms with E-state index in [1.165, 1.54) is 24.0 Å². The number of hydrogen-bond donors (Lipinski definition) is 1. The third-order valence-electron chi connectivity index (χ3n) is 6.76. The molecule has 8 nitrogen and oxygen atoms in total. The number of rotatable bonds is 13. The molecule has 0 aliphatic carbocycles. The minimum Gasteiger partial charge on any atom is -0.352 e. The molecule has 0 aliphatic heterocycles. The van der Waals surface area contributed by atoms with Gasteiger partial charge in [0.1, 0.15) is 12.6 Å².